The molecule has 1 rings (SSSR count). The molecule has 0 spiro atoms. The minimum atomic E-state index is 0.761. The van der Waals surface area contributed by atoms with E-state index in [4.69, 9.17) is 5.73 Å². The van der Waals surface area contributed by atoms with Gasteiger partial charge in [0.15, 0.2) is 0 Å². The van der Waals surface area contributed by atoms with Gasteiger partial charge in [0.25, 0.3) is 0 Å². The molecule has 0 aromatic carbocycles. The van der Waals surface area contributed by atoms with E-state index in [1.165, 1.54) is 6.42 Å². The van der Waals surface area contributed by atoms with Gasteiger partial charge in [0.2, 0.25) is 0 Å². The van der Waals surface area contributed by atoms with Crippen LogP contribution < -0.4 is 5.73 Å². The van der Waals surface area contributed by atoms with Gasteiger partial charge in [-0.05, 0) is 37.1 Å². The van der Waals surface area contributed by atoms with E-state index in [0.717, 1.165) is 28.1 Å². The molecule has 0 aliphatic rings. The predicted molar refractivity (Wildman–Crippen MR) is 63.6 cm³/mol. The molecule has 3 heteroatoms. The second-order valence-electron chi connectivity index (χ2n) is 3.86. The first-order valence-corrected chi connectivity index (χ1v) is 5.94. The van der Waals surface area contributed by atoms with Crippen molar-refractivity contribution < 1.29 is 0 Å². The van der Waals surface area contributed by atoms with Gasteiger partial charge in [-0.1, -0.05) is 13.8 Å². The Hall–Kier alpha value is -0.700. The highest BCUT2D eigenvalue weighted by Crippen LogP contribution is 2.20. The van der Waals surface area contributed by atoms with Crippen LogP contribution in [0.2, 0.25) is 0 Å². The zero-order valence-corrected chi connectivity index (χ0v) is 9.90. The van der Waals surface area contributed by atoms with Crippen molar-refractivity contribution in [3.8, 4) is 0 Å². The largest absolute Gasteiger partial charge is 0.397 e. The Morgan fingerprint density at radius 2 is 2.14 bits per heavy atom. The molecule has 0 fully saturated rings. The Balaban J connectivity index is 2.47. The highest BCUT2D eigenvalue weighted by atomic mass is 32.2. The van der Waals surface area contributed by atoms with Crippen LogP contribution in [0.5, 0.6) is 0 Å². The van der Waals surface area contributed by atoms with E-state index in [-0.39, 0.29) is 0 Å². The molecular weight excluding hydrogens is 192 g/mol. The first-order valence-electron chi connectivity index (χ1n) is 4.95. The maximum absolute atomic E-state index is 5.69. The third-order valence-electron chi connectivity index (χ3n) is 2.05. The van der Waals surface area contributed by atoms with Crippen molar-refractivity contribution in [2.24, 2.45) is 5.92 Å². The Bertz CT molecular complexity index is 297. The number of aryl methyl sites for hydroxylation is 1. The van der Waals surface area contributed by atoms with Crippen molar-refractivity contribution in [1.29, 1.82) is 0 Å². The van der Waals surface area contributed by atoms with E-state index in [9.17, 15) is 0 Å². The van der Waals surface area contributed by atoms with Crippen LogP contribution in [0.3, 0.4) is 0 Å². The van der Waals surface area contributed by atoms with E-state index in [2.05, 4.69) is 18.8 Å². The molecular formula is C11H18N2S. The standard InChI is InChI=1S/C11H18N2S/c1-8(2)6-7-14-11-5-4-10(12)9(3)13-11/h4-5,8H,6-7,12H2,1-3H3. The molecule has 0 saturated carbocycles. The van der Waals surface area contributed by atoms with Crippen LogP contribution in [0.15, 0.2) is 17.2 Å². The summed E-state index contributed by atoms with van der Waals surface area (Å²) in [6.07, 6.45) is 1.23. The molecule has 0 radical (unpaired) electrons. The van der Waals surface area contributed by atoms with Gasteiger partial charge in [0.05, 0.1) is 16.4 Å². The van der Waals surface area contributed by atoms with Crippen LogP contribution >= 0.6 is 11.8 Å². The lowest BCUT2D eigenvalue weighted by Gasteiger charge is -2.05. The number of nitrogens with zero attached hydrogens (tertiary/aromatic N) is 1. The first-order chi connectivity index (χ1) is 6.59. The maximum atomic E-state index is 5.69. The number of hydrogen-bond donors (Lipinski definition) is 1. The molecule has 2 N–H and O–H groups in total. The van der Waals surface area contributed by atoms with Gasteiger partial charge < -0.3 is 5.73 Å². The number of rotatable bonds is 4. The number of nitrogens with two attached hydrogens (primary N) is 1. The van der Waals surface area contributed by atoms with Crippen LogP contribution in [0.25, 0.3) is 0 Å². The SMILES string of the molecule is Cc1nc(SCCC(C)C)ccc1N. The molecule has 1 heterocycles. The Kier molecular flexibility index (Phi) is 4.26. The van der Waals surface area contributed by atoms with Gasteiger partial charge in [-0.2, -0.15) is 0 Å². The summed E-state index contributed by atoms with van der Waals surface area (Å²) in [7, 11) is 0. The van der Waals surface area contributed by atoms with Gasteiger partial charge in [0.1, 0.15) is 0 Å². The fourth-order valence-corrected chi connectivity index (χ4v) is 2.19. The molecule has 0 atom stereocenters. The molecule has 0 aliphatic carbocycles. The third-order valence-corrected chi connectivity index (χ3v) is 3.01. The molecule has 0 amide bonds. The highest BCUT2D eigenvalue weighted by molar-refractivity contribution is 7.99. The number of aromatic nitrogens is 1. The topological polar surface area (TPSA) is 38.9 Å². The molecule has 1 aromatic heterocycles. The minimum absolute atomic E-state index is 0.761. The van der Waals surface area contributed by atoms with E-state index in [1.54, 1.807) is 11.8 Å². The summed E-state index contributed by atoms with van der Waals surface area (Å²) in [5.41, 5.74) is 7.40. The molecule has 0 unspecified atom stereocenters. The van der Waals surface area contributed by atoms with E-state index in [0.29, 0.717) is 0 Å². The van der Waals surface area contributed by atoms with Crippen LogP contribution in [-0.4, -0.2) is 10.7 Å². The zero-order chi connectivity index (χ0) is 10.6. The average molecular weight is 210 g/mol. The molecule has 78 valence electrons. The third kappa shape index (κ3) is 3.58. The zero-order valence-electron chi connectivity index (χ0n) is 9.08. The first kappa shape index (κ1) is 11.4. The van der Waals surface area contributed by atoms with E-state index in [1.807, 2.05) is 19.1 Å². The molecule has 0 aliphatic heterocycles. The fourth-order valence-electron chi connectivity index (χ4n) is 1.03. The van der Waals surface area contributed by atoms with Crippen molar-refractivity contribution in [3.05, 3.63) is 17.8 Å². The quantitative estimate of drug-likeness (QED) is 0.776. The summed E-state index contributed by atoms with van der Waals surface area (Å²) in [6.45, 7) is 6.42. The van der Waals surface area contributed by atoms with E-state index < -0.39 is 0 Å². The number of anilines is 1. The van der Waals surface area contributed by atoms with Crippen LogP contribution in [0.4, 0.5) is 5.69 Å². The fraction of sp³-hybridized carbons (Fsp3) is 0.545. The lowest BCUT2D eigenvalue weighted by molar-refractivity contribution is 0.632. The summed E-state index contributed by atoms with van der Waals surface area (Å²) in [6, 6.07) is 3.92. The number of pyridine rings is 1. The summed E-state index contributed by atoms with van der Waals surface area (Å²) in [5.74, 6) is 1.89. The summed E-state index contributed by atoms with van der Waals surface area (Å²) in [4.78, 5) is 4.41. The van der Waals surface area contributed by atoms with Gasteiger partial charge in [-0.3, -0.25) is 0 Å². The Labute approximate surface area is 90.3 Å². The molecule has 0 saturated heterocycles. The Morgan fingerprint density at radius 1 is 1.43 bits per heavy atom. The molecule has 2 nitrogen and oxygen atoms in total. The molecule has 14 heavy (non-hydrogen) atoms. The lowest BCUT2D eigenvalue weighted by atomic mass is 10.2. The minimum Gasteiger partial charge on any atom is -0.397 e. The maximum Gasteiger partial charge on any atom is 0.0964 e. The Morgan fingerprint density at radius 3 is 2.71 bits per heavy atom. The summed E-state index contributed by atoms with van der Waals surface area (Å²) >= 11 is 1.80. The van der Waals surface area contributed by atoms with Crippen molar-refractivity contribution in [2.45, 2.75) is 32.2 Å². The number of hydrogen-bond acceptors (Lipinski definition) is 3. The van der Waals surface area contributed by atoms with Crippen molar-refractivity contribution >= 4 is 17.4 Å². The summed E-state index contributed by atoms with van der Waals surface area (Å²) in [5, 5.41) is 1.08. The number of nitrogen functional groups attached to an aromatic ring is 1. The predicted octanol–water partition coefficient (Wildman–Crippen LogP) is 3.11. The van der Waals surface area contributed by atoms with Crippen LogP contribution in [-0.2, 0) is 0 Å². The van der Waals surface area contributed by atoms with E-state index >= 15 is 0 Å². The van der Waals surface area contributed by atoms with Gasteiger partial charge >= 0.3 is 0 Å². The van der Waals surface area contributed by atoms with Crippen molar-refractivity contribution in [1.82, 2.24) is 4.98 Å². The second kappa shape index (κ2) is 5.25. The highest BCUT2D eigenvalue weighted by Gasteiger charge is 2.00. The van der Waals surface area contributed by atoms with Crippen LogP contribution in [0, 0.1) is 12.8 Å². The number of thioether (sulfide) groups is 1. The lowest BCUT2D eigenvalue weighted by Crippen LogP contribution is -1.95. The monoisotopic (exact) mass is 210 g/mol. The second-order valence-corrected chi connectivity index (χ2v) is 4.97. The molecule has 1 aromatic rings. The average Bonchev–Trinajstić information content (AvgIpc) is 2.10. The van der Waals surface area contributed by atoms with Gasteiger partial charge in [-0.25, -0.2) is 4.98 Å². The van der Waals surface area contributed by atoms with Crippen molar-refractivity contribution in [2.75, 3.05) is 11.5 Å². The smallest absolute Gasteiger partial charge is 0.0964 e. The van der Waals surface area contributed by atoms with Crippen LogP contribution in [0.1, 0.15) is 26.0 Å². The molecule has 0 bridgehead atoms. The van der Waals surface area contributed by atoms with Gasteiger partial charge in [-0.15, -0.1) is 11.8 Å². The van der Waals surface area contributed by atoms with Gasteiger partial charge in [0, 0.05) is 0 Å². The summed E-state index contributed by atoms with van der Waals surface area (Å²) < 4.78 is 0. The normalized spacial score (nSPS) is 10.9. The van der Waals surface area contributed by atoms with Crippen molar-refractivity contribution in [3.63, 3.8) is 0 Å².